The fraction of sp³-hybridized carbons (Fsp3) is 0.261. The van der Waals surface area contributed by atoms with Crippen LogP contribution in [-0.4, -0.2) is 83.2 Å². The van der Waals surface area contributed by atoms with Crippen LogP contribution in [0.5, 0.6) is 0 Å². The highest BCUT2D eigenvalue weighted by Crippen LogP contribution is 2.41. The van der Waals surface area contributed by atoms with Gasteiger partial charge < -0.3 is 26.3 Å². The third kappa shape index (κ3) is 4.61. The molecule has 2 aromatic heterocycles. The molecule has 13 nitrogen and oxygen atoms in total. The van der Waals surface area contributed by atoms with E-state index in [1.54, 1.807) is 29.4 Å². The van der Waals surface area contributed by atoms with Crippen LogP contribution in [0.2, 0.25) is 0 Å². The number of hydrogen-bond acceptors (Lipinski definition) is 11. The highest BCUT2D eigenvalue weighted by Gasteiger charge is 2.54. The quantitative estimate of drug-likeness (QED) is 0.122. The lowest BCUT2D eigenvalue weighted by Crippen LogP contribution is -2.71. The van der Waals surface area contributed by atoms with Gasteiger partial charge in [-0.05, 0) is 29.7 Å². The molecule has 0 aromatic carbocycles. The molecule has 0 aliphatic carbocycles. The van der Waals surface area contributed by atoms with E-state index >= 15 is 0 Å². The topological polar surface area (TPSA) is 191 Å². The second-order valence-corrected chi connectivity index (χ2v) is 10.6. The molecule has 3 aliphatic heterocycles. The minimum Gasteiger partial charge on any atom is -0.477 e. The highest BCUT2D eigenvalue weighted by molar-refractivity contribution is 8.00. The number of pyridine rings is 1. The zero-order valence-corrected chi connectivity index (χ0v) is 21.2. The second kappa shape index (κ2) is 10.3. The van der Waals surface area contributed by atoms with Crippen molar-refractivity contribution >= 4 is 57.6 Å². The van der Waals surface area contributed by atoms with Gasteiger partial charge in [0.05, 0.1) is 0 Å². The Balaban J connectivity index is 1.32. The molecule has 15 heteroatoms. The average molecular weight is 556 g/mol. The van der Waals surface area contributed by atoms with Crippen LogP contribution in [-0.2, 0) is 25.7 Å². The summed E-state index contributed by atoms with van der Waals surface area (Å²) in [4.78, 5) is 61.5. The molecule has 2 atom stereocenters. The number of rotatable bonds is 7. The van der Waals surface area contributed by atoms with E-state index in [1.165, 1.54) is 17.1 Å². The number of aliphatic carboxylic acids is 1. The molecule has 3 amide bonds. The number of aromatic nitrogens is 2. The SMILES string of the molecule is Nc1nc(C(=NO)C(=O)N[C@@H]2C(=O)N3C(C(=O)O)=C(C=C4CCN(Cc5cccnc5)C4=O)CS[C@H]23)cs1. The lowest BCUT2D eigenvalue weighted by molar-refractivity contribution is -0.150. The van der Waals surface area contributed by atoms with Gasteiger partial charge in [0.1, 0.15) is 22.8 Å². The van der Waals surface area contributed by atoms with Crippen molar-refractivity contribution in [2.45, 2.75) is 24.4 Å². The molecule has 0 spiro atoms. The number of β-lactam (4-membered cyclic amide) rings is 1. The van der Waals surface area contributed by atoms with Crippen molar-refractivity contribution in [2.75, 3.05) is 18.0 Å². The number of likely N-dealkylation sites (tertiary alicyclic amines) is 1. The van der Waals surface area contributed by atoms with Gasteiger partial charge >= 0.3 is 5.97 Å². The van der Waals surface area contributed by atoms with Crippen LogP contribution in [0.15, 0.2) is 58.0 Å². The standard InChI is InChI=1S/C23H21N7O6S2/c24-23-26-14(10-38-23)15(28-36)18(31)27-16-20(33)30-17(22(34)35)13(9-37-21(16)30)6-12-3-5-29(19(12)32)8-11-2-1-4-25-7-11/h1-2,4,6-7,10,16,21,36H,3,5,8-9H2,(H2,24,26)(H,27,31)(H,34,35)/t16-,21-/m1/s1. The van der Waals surface area contributed by atoms with Crippen LogP contribution in [0.3, 0.4) is 0 Å². The van der Waals surface area contributed by atoms with Gasteiger partial charge in [0.2, 0.25) is 5.91 Å². The third-order valence-corrected chi connectivity index (χ3v) is 8.20. The monoisotopic (exact) mass is 555 g/mol. The summed E-state index contributed by atoms with van der Waals surface area (Å²) in [6.45, 7) is 0.880. The van der Waals surface area contributed by atoms with E-state index in [4.69, 9.17) is 5.73 Å². The van der Waals surface area contributed by atoms with Crippen molar-refractivity contribution in [1.82, 2.24) is 25.1 Å². The van der Waals surface area contributed by atoms with Gasteiger partial charge in [-0.3, -0.25) is 24.3 Å². The van der Waals surface area contributed by atoms with E-state index < -0.39 is 34.9 Å². The fourth-order valence-electron chi connectivity index (χ4n) is 4.45. The van der Waals surface area contributed by atoms with E-state index in [9.17, 15) is 29.5 Å². The average Bonchev–Trinajstić information content (AvgIpc) is 3.48. The van der Waals surface area contributed by atoms with Gasteiger partial charge in [0.25, 0.3) is 11.8 Å². The number of nitrogens with one attached hydrogen (secondary N) is 1. The largest absolute Gasteiger partial charge is 0.477 e. The highest BCUT2D eigenvalue weighted by atomic mass is 32.2. The molecule has 5 rings (SSSR count). The second-order valence-electron chi connectivity index (χ2n) is 8.57. The molecule has 5 N–H and O–H groups in total. The number of carbonyl (C=O) groups excluding carboxylic acids is 3. The van der Waals surface area contributed by atoms with Crippen LogP contribution in [0.4, 0.5) is 5.13 Å². The summed E-state index contributed by atoms with van der Waals surface area (Å²) in [5.41, 5.74) is 6.67. The number of fused-ring (bicyclic) bond motifs is 1. The lowest BCUT2D eigenvalue weighted by Gasteiger charge is -2.49. The Morgan fingerprint density at radius 2 is 2.16 bits per heavy atom. The molecule has 2 saturated heterocycles. The Morgan fingerprint density at radius 1 is 1.34 bits per heavy atom. The third-order valence-electron chi connectivity index (χ3n) is 6.22. The maximum atomic E-state index is 13.0. The lowest BCUT2D eigenvalue weighted by atomic mass is 10.0. The van der Waals surface area contributed by atoms with Crippen LogP contribution in [0.1, 0.15) is 17.7 Å². The molecule has 2 aromatic rings. The number of allylic oxidation sites excluding steroid dienone is 1. The smallest absolute Gasteiger partial charge is 0.352 e. The molecule has 0 radical (unpaired) electrons. The van der Waals surface area contributed by atoms with E-state index in [0.29, 0.717) is 30.7 Å². The van der Waals surface area contributed by atoms with Crippen LogP contribution in [0.25, 0.3) is 0 Å². The normalized spacial score (nSPS) is 22.5. The predicted octanol–water partition coefficient (Wildman–Crippen LogP) is 0.396. The van der Waals surface area contributed by atoms with Crippen LogP contribution in [0, 0.1) is 0 Å². The van der Waals surface area contributed by atoms with Crippen molar-refractivity contribution in [3.63, 3.8) is 0 Å². The molecule has 38 heavy (non-hydrogen) atoms. The minimum absolute atomic E-state index is 0.0475. The van der Waals surface area contributed by atoms with Gasteiger partial charge in [0, 0.05) is 42.2 Å². The molecule has 0 bridgehead atoms. The Hall–Kier alpha value is -4.24. The molecule has 2 fully saturated rings. The number of nitrogens with zero attached hydrogens (tertiary/aromatic N) is 5. The summed E-state index contributed by atoms with van der Waals surface area (Å²) in [6, 6.07) is 2.63. The van der Waals surface area contributed by atoms with Gasteiger partial charge in [-0.2, -0.15) is 0 Å². The number of thiazole rings is 1. The molecule has 0 unspecified atom stereocenters. The van der Waals surface area contributed by atoms with Crippen LogP contribution < -0.4 is 11.1 Å². The molecular formula is C23H21N7O6S2. The van der Waals surface area contributed by atoms with Crippen molar-refractivity contribution < 1.29 is 29.5 Å². The van der Waals surface area contributed by atoms with E-state index in [-0.39, 0.29) is 28.2 Å². The molecule has 0 saturated carbocycles. The van der Waals surface area contributed by atoms with Gasteiger partial charge in [-0.1, -0.05) is 11.2 Å². The van der Waals surface area contributed by atoms with E-state index in [0.717, 1.165) is 21.8 Å². The van der Waals surface area contributed by atoms with Crippen LogP contribution >= 0.6 is 23.1 Å². The summed E-state index contributed by atoms with van der Waals surface area (Å²) in [5.74, 6) is -2.78. The summed E-state index contributed by atoms with van der Waals surface area (Å²) in [5, 5.41) is 25.6. The number of hydrogen-bond donors (Lipinski definition) is 4. The first-order valence-corrected chi connectivity index (χ1v) is 13.3. The minimum atomic E-state index is -1.31. The predicted molar refractivity (Wildman–Crippen MR) is 137 cm³/mol. The molecule has 5 heterocycles. The first-order valence-electron chi connectivity index (χ1n) is 11.3. The summed E-state index contributed by atoms with van der Waals surface area (Å²) in [7, 11) is 0. The first-order chi connectivity index (χ1) is 18.3. The number of thioether (sulfide) groups is 1. The van der Waals surface area contributed by atoms with Gasteiger partial charge in [0.15, 0.2) is 10.8 Å². The van der Waals surface area contributed by atoms with Crippen molar-refractivity contribution in [3.05, 3.63) is 64.1 Å². The maximum Gasteiger partial charge on any atom is 0.352 e. The zero-order valence-electron chi connectivity index (χ0n) is 19.6. The number of amides is 3. The Kier molecular flexibility index (Phi) is 6.86. The zero-order chi connectivity index (χ0) is 27.0. The van der Waals surface area contributed by atoms with Gasteiger partial charge in [-0.25, -0.2) is 9.78 Å². The van der Waals surface area contributed by atoms with Crippen molar-refractivity contribution in [1.29, 1.82) is 0 Å². The number of oxime groups is 1. The summed E-state index contributed by atoms with van der Waals surface area (Å²) >= 11 is 2.31. The molecule has 196 valence electrons. The Morgan fingerprint density at radius 3 is 2.82 bits per heavy atom. The maximum absolute atomic E-state index is 13.0. The van der Waals surface area contributed by atoms with Crippen molar-refractivity contribution in [2.24, 2.45) is 5.16 Å². The Bertz CT molecular complexity index is 1420. The van der Waals surface area contributed by atoms with E-state index in [2.05, 4.69) is 20.4 Å². The first kappa shape index (κ1) is 25.4. The summed E-state index contributed by atoms with van der Waals surface area (Å²) in [6.07, 6.45) is 5.34. The molecular weight excluding hydrogens is 534 g/mol. The number of carboxylic acids is 1. The number of carboxylic acid groups (broad SMARTS) is 1. The number of nitrogens with two attached hydrogens (primary N) is 1. The fourth-order valence-corrected chi connectivity index (χ4v) is 6.30. The van der Waals surface area contributed by atoms with Crippen molar-refractivity contribution in [3.8, 4) is 0 Å². The van der Waals surface area contributed by atoms with Gasteiger partial charge in [-0.15, -0.1) is 23.1 Å². The molecule has 3 aliphatic rings. The Labute approximate surface area is 223 Å². The number of anilines is 1. The number of nitrogen functional groups attached to an aromatic ring is 1. The number of carbonyl (C=O) groups is 4. The van der Waals surface area contributed by atoms with E-state index in [1.807, 2.05) is 6.07 Å². The summed E-state index contributed by atoms with van der Waals surface area (Å²) < 4.78 is 0.